The molecule has 4 N–H and O–H groups in total. The van der Waals surface area contributed by atoms with Crippen LogP contribution >= 0.6 is 0 Å². The third kappa shape index (κ3) is 27.0. The molecule has 0 heterocycles. The van der Waals surface area contributed by atoms with Gasteiger partial charge in [-0.05, 0) is 32.1 Å². The Bertz CT molecular complexity index is 539. The number of nitrogens with one attached hydrogen (secondary N) is 1. The molecule has 0 bridgehead atoms. The van der Waals surface area contributed by atoms with Gasteiger partial charge in [-0.15, -0.1) is 0 Å². The van der Waals surface area contributed by atoms with Crippen molar-refractivity contribution in [1.82, 2.24) is 5.32 Å². The average Bonchev–Trinajstić information content (AvgIpc) is 2.92. The molecule has 39 heavy (non-hydrogen) atoms. The molecule has 0 aliphatic carbocycles. The molecule has 0 rings (SSSR count). The zero-order valence-corrected chi connectivity index (χ0v) is 26.0. The number of unbranched alkanes of at least 4 members (excludes halogenated alkanes) is 19. The van der Waals surface area contributed by atoms with Crippen molar-refractivity contribution in [3.05, 3.63) is 12.2 Å². The number of carbonyl (C=O) groups is 1. The van der Waals surface area contributed by atoms with Crippen LogP contribution in [0.3, 0.4) is 0 Å². The first kappa shape index (κ1) is 38.1. The van der Waals surface area contributed by atoms with Gasteiger partial charge < -0.3 is 20.6 Å². The van der Waals surface area contributed by atoms with E-state index in [9.17, 15) is 20.1 Å². The highest BCUT2D eigenvalue weighted by Gasteiger charge is 2.21. The molecule has 0 aromatic carbocycles. The Hall–Kier alpha value is -0.910. The van der Waals surface area contributed by atoms with E-state index in [0.29, 0.717) is 12.8 Å². The summed E-state index contributed by atoms with van der Waals surface area (Å²) in [6, 6.07) is -0.657. The zero-order chi connectivity index (χ0) is 28.8. The van der Waals surface area contributed by atoms with E-state index >= 15 is 0 Å². The molecular weight excluding hydrogens is 486 g/mol. The number of carbonyl (C=O) groups excluding carboxylic acids is 1. The molecule has 0 spiro atoms. The zero-order valence-electron chi connectivity index (χ0n) is 26.0. The lowest BCUT2D eigenvalue weighted by Gasteiger charge is -2.23. The average molecular weight is 554 g/mol. The van der Waals surface area contributed by atoms with Crippen LogP contribution < -0.4 is 5.32 Å². The van der Waals surface area contributed by atoms with E-state index < -0.39 is 18.2 Å². The highest BCUT2D eigenvalue weighted by Crippen LogP contribution is 2.15. The van der Waals surface area contributed by atoms with Crippen molar-refractivity contribution >= 4 is 5.91 Å². The SMILES string of the molecule is CCCC/C=C\CCCCCC(O)CC(=O)NC(CO)C(O)CCCCCCCCCCCCCCCCC. The Morgan fingerprint density at radius 3 is 1.56 bits per heavy atom. The molecule has 232 valence electrons. The van der Waals surface area contributed by atoms with Crippen LogP contribution in [-0.4, -0.2) is 46.1 Å². The number of amides is 1. The first-order valence-electron chi connectivity index (χ1n) is 17.0. The third-order valence-corrected chi connectivity index (χ3v) is 7.83. The van der Waals surface area contributed by atoms with E-state index in [0.717, 1.165) is 44.9 Å². The van der Waals surface area contributed by atoms with Gasteiger partial charge >= 0.3 is 0 Å². The molecule has 5 nitrogen and oxygen atoms in total. The maximum absolute atomic E-state index is 12.3. The van der Waals surface area contributed by atoms with Crippen LogP contribution in [0.25, 0.3) is 0 Å². The number of rotatable bonds is 30. The summed E-state index contributed by atoms with van der Waals surface area (Å²) < 4.78 is 0. The summed E-state index contributed by atoms with van der Waals surface area (Å²) in [4.78, 5) is 12.3. The van der Waals surface area contributed by atoms with Crippen LogP contribution in [0.4, 0.5) is 0 Å². The normalized spacial score (nSPS) is 14.1. The fraction of sp³-hybridized carbons (Fsp3) is 0.912. The molecule has 3 atom stereocenters. The van der Waals surface area contributed by atoms with E-state index in [1.165, 1.54) is 96.3 Å². The van der Waals surface area contributed by atoms with Crippen molar-refractivity contribution in [3.8, 4) is 0 Å². The minimum absolute atomic E-state index is 0.0269. The quantitative estimate of drug-likeness (QED) is 0.0530. The molecule has 0 aliphatic rings. The van der Waals surface area contributed by atoms with Crippen LogP contribution in [-0.2, 0) is 4.79 Å². The summed E-state index contributed by atoms with van der Waals surface area (Å²) in [6.07, 6.45) is 31.6. The van der Waals surface area contributed by atoms with Gasteiger partial charge in [0.15, 0.2) is 0 Å². The number of hydrogen-bond acceptors (Lipinski definition) is 4. The highest BCUT2D eigenvalue weighted by atomic mass is 16.3. The van der Waals surface area contributed by atoms with Gasteiger partial charge in [-0.25, -0.2) is 0 Å². The highest BCUT2D eigenvalue weighted by molar-refractivity contribution is 5.76. The summed E-state index contributed by atoms with van der Waals surface area (Å²) in [5.74, 6) is -0.295. The van der Waals surface area contributed by atoms with Crippen LogP contribution in [0.2, 0.25) is 0 Å². The van der Waals surface area contributed by atoms with Gasteiger partial charge in [0.2, 0.25) is 5.91 Å². The monoisotopic (exact) mass is 554 g/mol. The molecule has 5 heteroatoms. The maximum Gasteiger partial charge on any atom is 0.222 e. The minimum Gasteiger partial charge on any atom is -0.394 e. The van der Waals surface area contributed by atoms with Crippen LogP contribution in [0.15, 0.2) is 12.2 Å². The van der Waals surface area contributed by atoms with Crippen molar-refractivity contribution in [1.29, 1.82) is 0 Å². The number of aliphatic hydroxyl groups excluding tert-OH is 3. The Labute approximate surface area is 242 Å². The van der Waals surface area contributed by atoms with E-state index in [1.807, 2.05) is 0 Å². The maximum atomic E-state index is 12.3. The number of allylic oxidation sites excluding steroid dienone is 2. The predicted molar refractivity (Wildman–Crippen MR) is 167 cm³/mol. The van der Waals surface area contributed by atoms with E-state index in [2.05, 4.69) is 31.3 Å². The third-order valence-electron chi connectivity index (χ3n) is 7.83. The van der Waals surface area contributed by atoms with Crippen molar-refractivity contribution < 1.29 is 20.1 Å². The lowest BCUT2D eigenvalue weighted by Crippen LogP contribution is -2.46. The van der Waals surface area contributed by atoms with Crippen molar-refractivity contribution in [2.24, 2.45) is 0 Å². The van der Waals surface area contributed by atoms with Gasteiger partial charge in [0, 0.05) is 0 Å². The second kappa shape index (κ2) is 30.1. The summed E-state index contributed by atoms with van der Waals surface area (Å²) in [5, 5.41) is 33.0. The summed E-state index contributed by atoms with van der Waals surface area (Å²) >= 11 is 0. The van der Waals surface area contributed by atoms with Crippen LogP contribution in [0.1, 0.15) is 174 Å². The smallest absolute Gasteiger partial charge is 0.222 e. The molecule has 0 aromatic heterocycles. The topological polar surface area (TPSA) is 89.8 Å². The van der Waals surface area contributed by atoms with E-state index in [1.54, 1.807) is 0 Å². The Kier molecular flexibility index (Phi) is 29.4. The number of aliphatic hydroxyl groups is 3. The van der Waals surface area contributed by atoms with Gasteiger partial charge in [0.05, 0.1) is 31.3 Å². The molecule has 0 aromatic rings. The standard InChI is InChI=1S/C34H67NO4/c1-3-5-7-9-11-13-14-15-16-17-18-20-22-24-26-28-33(38)32(30-36)35-34(39)29-31(37)27-25-23-21-19-12-10-8-6-4-2/h10,12,31-33,36-38H,3-9,11,13-30H2,1-2H3,(H,35,39)/b12-10-. The van der Waals surface area contributed by atoms with E-state index in [-0.39, 0.29) is 18.9 Å². The fourth-order valence-electron chi connectivity index (χ4n) is 5.15. The fourth-order valence-corrected chi connectivity index (χ4v) is 5.15. The Morgan fingerprint density at radius 1 is 0.615 bits per heavy atom. The summed E-state index contributed by atoms with van der Waals surface area (Å²) in [7, 11) is 0. The van der Waals surface area contributed by atoms with Crippen molar-refractivity contribution in [2.75, 3.05) is 6.61 Å². The lowest BCUT2D eigenvalue weighted by atomic mass is 10.0. The second-order valence-corrected chi connectivity index (χ2v) is 11.8. The van der Waals surface area contributed by atoms with Crippen LogP contribution in [0.5, 0.6) is 0 Å². The molecule has 1 amide bonds. The van der Waals surface area contributed by atoms with Crippen molar-refractivity contribution in [3.63, 3.8) is 0 Å². The first-order valence-corrected chi connectivity index (χ1v) is 17.0. The minimum atomic E-state index is -0.747. The molecule has 0 radical (unpaired) electrons. The first-order chi connectivity index (χ1) is 19.0. The Morgan fingerprint density at radius 2 is 1.05 bits per heavy atom. The molecule has 0 aliphatic heterocycles. The predicted octanol–water partition coefficient (Wildman–Crippen LogP) is 8.53. The summed E-state index contributed by atoms with van der Waals surface area (Å²) in [6.45, 7) is 4.19. The Balaban J connectivity index is 3.70. The largest absolute Gasteiger partial charge is 0.394 e. The van der Waals surface area contributed by atoms with E-state index in [4.69, 9.17) is 0 Å². The van der Waals surface area contributed by atoms with Crippen molar-refractivity contribution in [2.45, 2.75) is 193 Å². The van der Waals surface area contributed by atoms with Gasteiger partial charge in [0.1, 0.15) is 0 Å². The number of hydrogen-bond donors (Lipinski definition) is 4. The second-order valence-electron chi connectivity index (χ2n) is 11.8. The molecular formula is C34H67NO4. The lowest BCUT2D eigenvalue weighted by molar-refractivity contribution is -0.125. The van der Waals surface area contributed by atoms with Gasteiger partial charge in [-0.3, -0.25) is 4.79 Å². The van der Waals surface area contributed by atoms with Gasteiger partial charge in [-0.2, -0.15) is 0 Å². The summed E-state index contributed by atoms with van der Waals surface area (Å²) in [5.41, 5.74) is 0. The van der Waals surface area contributed by atoms with Gasteiger partial charge in [-0.1, -0.05) is 148 Å². The van der Waals surface area contributed by atoms with Crippen LogP contribution in [0, 0.1) is 0 Å². The molecule has 3 unspecified atom stereocenters. The van der Waals surface area contributed by atoms with Gasteiger partial charge in [0.25, 0.3) is 0 Å². The molecule has 0 saturated heterocycles. The molecule has 0 saturated carbocycles. The molecule has 0 fully saturated rings.